The van der Waals surface area contributed by atoms with E-state index in [2.05, 4.69) is 25.0 Å². The number of aromatic hydroxyl groups is 1. The number of hydrogen-bond donors (Lipinski definition) is 2. The van der Waals surface area contributed by atoms with Crippen LogP contribution in [0.4, 0.5) is 20.4 Å². The van der Waals surface area contributed by atoms with Gasteiger partial charge in [0.2, 0.25) is 5.95 Å². The van der Waals surface area contributed by atoms with Crippen molar-refractivity contribution in [1.29, 1.82) is 0 Å². The van der Waals surface area contributed by atoms with Crippen molar-refractivity contribution in [3.8, 4) is 11.4 Å². The summed E-state index contributed by atoms with van der Waals surface area (Å²) in [6, 6.07) is 9.41. The number of rotatable bonds is 6. The number of carbonyl (C=O) groups is 1. The lowest BCUT2D eigenvalue weighted by molar-refractivity contribution is -0.140. The van der Waals surface area contributed by atoms with Gasteiger partial charge in [0.05, 0.1) is 13.3 Å². The first-order chi connectivity index (χ1) is 14.9. The Morgan fingerprint density at radius 3 is 2.55 bits per heavy atom. The molecule has 0 spiro atoms. The average Bonchev–Trinajstić information content (AvgIpc) is 3.19. The van der Waals surface area contributed by atoms with Crippen molar-refractivity contribution in [3.05, 3.63) is 66.1 Å². The lowest BCUT2D eigenvalue weighted by Crippen LogP contribution is -2.02. The van der Waals surface area contributed by atoms with Crippen molar-refractivity contribution < 1.29 is 23.4 Å². The van der Waals surface area contributed by atoms with Gasteiger partial charge in [0.1, 0.15) is 11.8 Å². The SMILES string of the molecule is COC(=O)CCc1ccc(-n2cnc3cnc(Nc4cc(F)c(O)c(F)c4)nc32)cc1. The molecular weight excluding hydrogens is 408 g/mol. The summed E-state index contributed by atoms with van der Waals surface area (Å²) in [7, 11) is 1.36. The number of aromatic nitrogens is 4. The molecule has 4 aromatic rings. The van der Waals surface area contributed by atoms with Crippen molar-refractivity contribution in [3.63, 3.8) is 0 Å². The maximum atomic E-state index is 13.6. The van der Waals surface area contributed by atoms with Crippen molar-refractivity contribution >= 4 is 28.8 Å². The molecule has 2 heterocycles. The molecule has 0 radical (unpaired) electrons. The number of esters is 1. The zero-order chi connectivity index (χ0) is 22.0. The predicted octanol–water partition coefficient (Wildman–Crippen LogP) is 3.65. The third-order valence-corrected chi connectivity index (χ3v) is 4.62. The summed E-state index contributed by atoms with van der Waals surface area (Å²) in [5.41, 5.74) is 2.83. The number of anilines is 2. The highest BCUT2D eigenvalue weighted by molar-refractivity contribution is 5.74. The molecular formula is C21H17F2N5O3. The van der Waals surface area contributed by atoms with Crippen LogP contribution in [0.1, 0.15) is 12.0 Å². The number of imidazole rings is 1. The van der Waals surface area contributed by atoms with Crippen LogP contribution < -0.4 is 5.32 Å². The van der Waals surface area contributed by atoms with Gasteiger partial charge in [-0.1, -0.05) is 12.1 Å². The number of phenolic OH excluding ortho intramolecular Hbond substituents is 1. The molecule has 0 bridgehead atoms. The third-order valence-electron chi connectivity index (χ3n) is 4.62. The largest absolute Gasteiger partial charge is 0.503 e. The van der Waals surface area contributed by atoms with Gasteiger partial charge in [-0.15, -0.1) is 0 Å². The van der Waals surface area contributed by atoms with Gasteiger partial charge in [-0.2, -0.15) is 4.98 Å². The Bertz CT molecular complexity index is 1230. The van der Waals surface area contributed by atoms with E-state index in [1.807, 2.05) is 24.3 Å². The Hall–Kier alpha value is -4.08. The molecule has 0 aliphatic carbocycles. The molecule has 0 aliphatic heterocycles. The summed E-state index contributed by atoms with van der Waals surface area (Å²) in [6.45, 7) is 0. The number of methoxy groups -OCH3 is 1. The van der Waals surface area contributed by atoms with Crippen molar-refractivity contribution in [2.45, 2.75) is 12.8 Å². The zero-order valence-corrected chi connectivity index (χ0v) is 16.3. The molecule has 2 aromatic heterocycles. The molecule has 0 unspecified atom stereocenters. The topological polar surface area (TPSA) is 102 Å². The van der Waals surface area contributed by atoms with Gasteiger partial charge in [0.25, 0.3) is 0 Å². The lowest BCUT2D eigenvalue weighted by atomic mass is 10.1. The Balaban J connectivity index is 1.59. The van der Waals surface area contributed by atoms with Crippen LogP contribution in [-0.2, 0) is 16.0 Å². The number of nitrogens with zero attached hydrogens (tertiary/aromatic N) is 4. The second kappa shape index (κ2) is 8.34. The molecule has 8 nitrogen and oxygen atoms in total. The highest BCUT2D eigenvalue weighted by Gasteiger charge is 2.12. The van der Waals surface area contributed by atoms with Crippen LogP contribution in [0.2, 0.25) is 0 Å². The number of halogens is 2. The summed E-state index contributed by atoms with van der Waals surface area (Å²) in [6.07, 6.45) is 3.93. The maximum Gasteiger partial charge on any atom is 0.305 e. The van der Waals surface area contributed by atoms with E-state index in [-0.39, 0.29) is 17.6 Å². The monoisotopic (exact) mass is 425 g/mol. The fraction of sp³-hybridized carbons (Fsp3) is 0.143. The minimum atomic E-state index is -1.10. The van der Waals surface area contributed by atoms with Crippen LogP contribution in [-0.4, -0.2) is 37.7 Å². The van der Waals surface area contributed by atoms with Gasteiger partial charge in [-0.25, -0.2) is 18.7 Å². The quantitative estimate of drug-likeness (QED) is 0.359. The third kappa shape index (κ3) is 4.27. The number of benzene rings is 2. The van der Waals surface area contributed by atoms with E-state index < -0.39 is 17.4 Å². The first kappa shape index (κ1) is 20.2. The van der Waals surface area contributed by atoms with Gasteiger partial charge < -0.3 is 15.2 Å². The van der Waals surface area contributed by atoms with E-state index >= 15 is 0 Å². The van der Waals surface area contributed by atoms with Gasteiger partial charge >= 0.3 is 5.97 Å². The molecule has 0 aliphatic rings. The average molecular weight is 425 g/mol. The van der Waals surface area contributed by atoms with Crippen LogP contribution in [0.25, 0.3) is 16.9 Å². The summed E-state index contributed by atoms with van der Waals surface area (Å²) >= 11 is 0. The Labute approximate surface area is 175 Å². The molecule has 2 N–H and O–H groups in total. The van der Waals surface area contributed by atoms with Crippen LogP contribution >= 0.6 is 0 Å². The lowest BCUT2D eigenvalue weighted by Gasteiger charge is -2.08. The Morgan fingerprint density at radius 2 is 1.87 bits per heavy atom. The fourth-order valence-electron chi connectivity index (χ4n) is 3.00. The molecule has 0 fully saturated rings. The molecule has 31 heavy (non-hydrogen) atoms. The van der Waals surface area contributed by atoms with Crippen LogP contribution in [0.5, 0.6) is 5.75 Å². The van der Waals surface area contributed by atoms with Crippen LogP contribution in [0.15, 0.2) is 48.9 Å². The predicted molar refractivity (Wildman–Crippen MR) is 108 cm³/mol. The second-order valence-corrected chi connectivity index (χ2v) is 6.67. The molecule has 158 valence electrons. The van der Waals surface area contributed by atoms with Crippen LogP contribution in [0.3, 0.4) is 0 Å². The number of hydrogen-bond acceptors (Lipinski definition) is 7. The van der Waals surface area contributed by atoms with E-state index in [0.29, 0.717) is 24.0 Å². The van der Waals surface area contributed by atoms with E-state index in [0.717, 1.165) is 23.4 Å². The summed E-state index contributed by atoms with van der Waals surface area (Å²) in [5.74, 6) is -3.40. The Kier molecular flexibility index (Phi) is 5.44. The molecule has 10 heteroatoms. The normalized spacial score (nSPS) is 10.9. The highest BCUT2D eigenvalue weighted by atomic mass is 19.1. The first-order valence-electron chi connectivity index (χ1n) is 9.26. The molecule has 0 atom stereocenters. The standard InChI is InChI=1S/C21H17F2N5O3/c1-31-18(29)7-4-12-2-5-14(6-3-12)28-11-25-17-10-24-21(27-20(17)28)26-13-8-15(22)19(30)16(23)9-13/h2-3,5-6,8-11,30H,4,7H2,1H3,(H,24,26,27). The van der Waals surface area contributed by atoms with E-state index in [9.17, 15) is 18.7 Å². The molecule has 0 saturated carbocycles. The number of ether oxygens (including phenoxy) is 1. The Morgan fingerprint density at radius 1 is 1.16 bits per heavy atom. The highest BCUT2D eigenvalue weighted by Crippen LogP contribution is 2.26. The number of aryl methyl sites for hydroxylation is 1. The zero-order valence-electron chi connectivity index (χ0n) is 16.3. The summed E-state index contributed by atoms with van der Waals surface area (Å²) in [4.78, 5) is 24.1. The van der Waals surface area contributed by atoms with Gasteiger partial charge in [0, 0.05) is 29.9 Å². The summed E-state index contributed by atoms with van der Waals surface area (Å²) in [5, 5.41) is 11.9. The van der Waals surface area contributed by atoms with Gasteiger partial charge in [0.15, 0.2) is 23.0 Å². The van der Waals surface area contributed by atoms with Gasteiger partial charge in [-0.05, 0) is 24.1 Å². The van der Waals surface area contributed by atoms with Crippen molar-refractivity contribution in [1.82, 2.24) is 19.5 Å². The summed E-state index contributed by atoms with van der Waals surface area (Å²) < 4.78 is 33.5. The fourth-order valence-corrected chi connectivity index (χ4v) is 3.00. The van der Waals surface area contributed by atoms with Crippen molar-refractivity contribution in [2.24, 2.45) is 0 Å². The minimum absolute atomic E-state index is 0.0492. The molecule has 2 aromatic carbocycles. The van der Waals surface area contributed by atoms with E-state index in [1.165, 1.54) is 13.3 Å². The molecule has 4 rings (SSSR count). The van der Waals surface area contributed by atoms with E-state index in [1.54, 1.807) is 10.9 Å². The number of carbonyl (C=O) groups excluding carboxylic acids is 1. The number of fused-ring (bicyclic) bond motifs is 1. The number of phenols is 1. The van der Waals surface area contributed by atoms with E-state index in [4.69, 9.17) is 0 Å². The second-order valence-electron chi connectivity index (χ2n) is 6.67. The maximum absolute atomic E-state index is 13.6. The number of nitrogens with one attached hydrogen (secondary N) is 1. The first-order valence-corrected chi connectivity index (χ1v) is 9.26. The molecule has 0 amide bonds. The van der Waals surface area contributed by atoms with Crippen molar-refractivity contribution in [2.75, 3.05) is 12.4 Å². The van der Waals surface area contributed by atoms with Crippen LogP contribution in [0, 0.1) is 11.6 Å². The van der Waals surface area contributed by atoms with Gasteiger partial charge in [-0.3, -0.25) is 9.36 Å². The molecule has 0 saturated heterocycles. The smallest absolute Gasteiger partial charge is 0.305 e. The minimum Gasteiger partial charge on any atom is -0.503 e.